The Balaban J connectivity index is 4.84. The molecule has 0 aromatic carbocycles. The molecule has 0 aromatic rings. The number of aliphatic hydroxyl groups is 1. The van der Waals surface area contributed by atoms with Crippen LogP contribution in [0.2, 0.25) is 0 Å². The van der Waals surface area contributed by atoms with Gasteiger partial charge in [0.2, 0.25) is 0 Å². The second kappa shape index (κ2) is 61.0. The third-order valence-corrected chi connectivity index (χ3v) is 13.9. The van der Waals surface area contributed by atoms with Crippen LogP contribution in [0.1, 0.15) is 252 Å². The summed E-state index contributed by atoms with van der Waals surface area (Å²) in [7, 11) is -4.79. The quantitative estimate of drug-likeness (QED) is 0.0197. The molecular weight excluding hydrogens is 1020 g/mol. The lowest BCUT2D eigenvalue weighted by molar-refractivity contribution is -0.161. The van der Waals surface area contributed by atoms with Gasteiger partial charge in [-0.05, 0) is 89.9 Å². The van der Waals surface area contributed by atoms with Crippen molar-refractivity contribution < 1.29 is 52.2 Å². The van der Waals surface area contributed by atoms with Crippen LogP contribution in [0.5, 0.6) is 0 Å². The van der Waals surface area contributed by atoms with Crippen LogP contribution in [0, 0.1) is 0 Å². The normalized spacial score (nSPS) is 14.1. The Bertz CT molecular complexity index is 1800. The molecule has 0 radical (unpaired) electrons. The van der Waals surface area contributed by atoms with Gasteiger partial charge in [-0.25, -0.2) is 4.57 Å². The number of carbonyl (C=O) groups is 3. The predicted octanol–water partition coefficient (Wildman–Crippen LogP) is 19.1. The van der Waals surface area contributed by atoms with E-state index in [0.717, 1.165) is 96.3 Å². The number of esters is 3. The molecule has 11 nitrogen and oxygen atoms in total. The van der Waals surface area contributed by atoms with Gasteiger partial charge in [-0.2, -0.15) is 0 Å². The summed E-state index contributed by atoms with van der Waals surface area (Å²) in [5, 5.41) is 9.82. The Morgan fingerprint density at radius 3 is 1.10 bits per heavy atom. The summed E-state index contributed by atoms with van der Waals surface area (Å²) in [4.78, 5) is 48.6. The van der Waals surface area contributed by atoms with E-state index in [0.29, 0.717) is 19.3 Å². The standard InChI is InChI=1S/C68H113O11P/c1-4-7-10-13-16-19-22-25-28-30-32-34-37-39-42-45-48-51-54-57-66(70)75-61-65(79-68(72)59-56-53-50-47-44-41-38-35-33-31-29-26-23-20-17-14-11-8-5-2)63-77-80(73,74)76-62-64(60-69)78-67(71)58-55-52-49-46-43-40-36-27-24-21-18-15-12-9-6-3/h7,9-10,12,16,18-19,21,25,27-28,32,34,36,39,42-43,46,52,55,64-65,69H,4-6,8,11,13-15,17,20,22-24,26,29-31,33,35,37-38,40-41,44-45,47-51,53-54,56-63H2,1-3H3,(H,73,74)/b10-7-,12-9-,19-16-,21-18-,28-25-,34-32-,36-27-,42-39-,46-43-,55-52-. The molecule has 0 aliphatic carbocycles. The van der Waals surface area contributed by atoms with E-state index in [9.17, 15) is 28.9 Å². The highest BCUT2D eigenvalue weighted by Crippen LogP contribution is 2.43. The van der Waals surface area contributed by atoms with Gasteiger partial charge in [0.1, 0.15) is 12.7 Å². The topological polar surface area (TPSA) is 155 Å². The summed E-state index contributed by atoms with van der Waals surface area (Å²) in [5.74, 6) is -1.64. The highest BCUT2D eigenvalue weighted by molar-refractivity contribution is 7.47. The Labute approximate surface area is 487 Å². The van der Waals surface area contributed by atoms with Gasteiger partial charge in [-0.1, -0.05) is 264 Å². The number of phosphoric acid groups is 1. The largest absolute Gasteiger partial charge is 0.472 e. The van der Waals surface area contributed by atoms with Gasteiger partial charge in [-0.3, -0.25) is 23.4 Å². The van der Waals surface area contributed by atoms with E-state index in [4.69, 9.17) is 23.3 Å². The van der Waals surface area contributed by atoms with Gasteiger partial charge in [0.25, 0.3) is 0 Å². The van der Waals surface area contributed by atoms with Crippen molar-refractivity contribution in [2.45, 2.75) is 264 Å². The van der Waals surface area contributed by atoms with Gasteiger partial charge >= 0.3 is 25.7 Å². The minimum absolute atomic E-state index is 0.0618. The number of hydrogen-bond acceptors (Lipinski definition) is 10. The molecule has 0 saturated carbocycles. The van der Waals surface area contributed by atoms with Crippen LogP contribution in [-0.2, 0) is 42.2 Å². The molecular formula is C68H113O11P. The molecule has 2 N–H and O–H groups in total. The van der Waals surface area contributed by atoms with E-state index in [1.54, 1.807) is 6.08 Å². The van der Waals surface area contributed by atoms with E-state index < -0.39 is 57.8 Å². The molecule has 0 aliphatic rings. The maximum Gasteiger partial charge on any atom is 0.472 e. The molecule has 0 bridgehead atoms. The van der Waals surface area contributed by atoms with Crippen molar-refractivity contribution in [3.8, 4) is 0 Å². The Kier molecular flexibility index (Phi) is 57.8. The number of unbranched alkanes of at least 4 members (excludes halogenated alkanes) is 21. The molecule has 3 atom stereocenters. The van der Waals surface area contributed by atoms with Crippen LogP contribution in [0.3, 0.4) is 0 Å². The lowest BCUT2D eigenvalue weighted by Crippen LogP contribution is -2.30. The molecule has 0 amide bonds. The van der Waals surface area contributed by atoms with Crippen molar-refractivity contribution in [1.82, 2.24) is 0 Å². The molecule has 0 aliphatic heterocycles. The number of phosphoric ester groups is 1. The molecule has 0 spiro atoms. The molecule has 80 heavy (non-hydrogen) atoms. The highest BCUT2D eigenvalue weighted by Gasteiger charge is 2.28. The van der Waals surface area contributed by atoms with Crippen LogP contribution in [0.15, 0.2) is 122 Å². The van der Waals surface area contributed by atoms with Crippen molar-refractivity contribution in [2.24, 2.45) is 0 Å². The minimum Gasteiger partial charge on any atom is -0.462 e. The monoisotopic (exact) mass is 1140 g/mol. The van der Waals surface area contributed by atoms with Crippen LogP contribution < -0.4 is 0 Å². The van der Waals surface area contributed by atoms with Gasteiger partial charge in [0, 0.05) is 12.8 Å². The summed E-state index contributed by atoms with van der Waals surface area (Å²) in [6, 6.07) is 0. The Morgan fingerprint density at radius 2 is 0.700 bits per heavy atom. The number of ether oxygens (including phenoxy) is 3. The zero-order valence-corrected chi connectivity index (χ0v) is 51.4. The van der Waals surface area contributed by atoms with E-state index in [1.807, 2.05) is 18.2 Å². The van der Waals surface area contributed by atoms with Crippen molar-refractivity contribution >= 4 is 25.7 Å². The highest BCUT2D eigenvalue weighted by atomic mass is 31.2. The summed E-state index contributed by atoms with van der Waals surface area (Å²) in [6.07, 6.45) is 76.1. The molecule has 0 fully saturated rings. The second-order valence-corrected chi connectivity index (χ2v) is 21.9. The smallest absolute Gasteiger partial charge is 0.462 e. The molecule has 0 heterocycles. The van der Waals surface area contributed by atoms with Gasteiger partial charge in [0.05, 0.1) is 26.2 Å². The van der Waals surface area contributed by atoms with Crippen molar-refractivity contribution in [3.05, 3.63) is 122 Å². The van der Waals surface area contributed by atoms with Crippen molar-refractivity contribution in [3.63, 3.8) is 0 Å². The molecule has 3 unspecified atom stereocenters. The summed E-state index contributed by atoms with van der Waals surface area (Å²) in [6.45, 7) is 4.29. The van der Waals surface area contributed by atoms with Crippen LogP contribution in [-0.4, -0.2) is 66.5 Å². The first-order chi connectivity index (χ1) is 39.2. The van der Waals surface area contributed by atoms with Crippen molar-refractivity contribution in [2.75, 3.05) is 26.4 Å². The Hall–Kier alpha value is -4.12. The zero-order chi connectivity index (χ0) is 58.3. The van der Waals surface area contributed by atoms with E-state index in [-0.39, 0.29) is 25.9 Å². The average molecular weight is 1140 g/mol. The lowest BCUT2D eigenvalue weighted by Gasteiger charge is -2.21. The maximum atomic E-state index is 13.0. The molecule has 0 rings (SSSR count). The van der Waals surface area contributed by atoms with E-state index in [1.165, 1.54) is 96.3 Å². The summed E-state index contributed by atoms with van der Waals surface area (Å²) in [5.41, 5.74) is 0. The number of allylic oxidation sites excluding steroid dienone is 19. The maximum absolute atomic E-state index is 13.0. The SMILES string of the molecule is CC/C=C\C/C=C\C/C=C\C/C=C\C/C=C\CCCCCC(=O)OCC(COP(=O)(O)OCC(CO)OC(=O)C/C=C\C/C=C\C/C=C\C/C=C\C/C=C\CC)OC(=O)CCCCCCCCCCCCCCCCCCCCC. The number of carbonyl (C=O) groups excluding carboxylic acids is 3. The molecule has 456 valence electrons. The zero-order valence-electron chi connectivity index (χ0n) is 50.5. The fraction of sp³-hybridized carbons (Fsp3) is 0.662. The fourth-order valence-corrected chi connectivity index (χ4v) is 9.01. The Morgan fingerprint density at radius 1 is 0.375 bits per heavy atom. The lowest BCUT2D eigenvalue weighted by atomic mass is 10.0. The van der Waals surface area contributed by atoms with Gasteiger partial charge in [0.15, 0.2) is 6.10 Å². The molecule has 0 aromatic heterocycles. The third kappa shape index (κ3) is 58.5. The van der Waals surface area contributed by atoms with E-state index >= 15 is 0 Å². The summed E-state index contributed by atoms with van der Waals surface area (Å²) < 4.78 is 39.5. The first kappa shape index (κ1) is 75.9. The minimum atomic E-state index is -4.79. The predicted molar refractivity (Wildman–Crippen MR) is 334 cm³/mol. The number of hydrogen-bond donors (Lipinski definition) is 2. The average Bonchev–Trinajstić information content (AvgIpc) is 3.45. The van der Waals surface area contributed by atoms with E-state index in [2.05, 4.69) is 118 Å². The summed E-state index contributed by atoms with van der Waals surface area (Å²) >= 11 is 0. The van der Waals surface area contributed by atoms with Crippen LogP contribution in [0.4, 0.5) is 0 Å². The third-order valence-electron chi connectivity index (χ3n) is 12.9. The first-order valence-electron chi connectivity index (χ1n) is 31.4. The fourth-order valence-electron chi connectivity index (χ4n) is 8.22. The first-order valence-corrected chi connectivity index (χ1v) is 32.9. The number of aliphatic hydroxyl groups excluding tert-OH is 1. The molecule has 12 heteroatoms. The number of rotatable bonds is 57. The van der Waals surface area contributed by atoms with Crippen molar-refractivity contribution in [1.29, 1.82) is 0 Å². The van der Waals surface area contributed by atoms with Crippen LogP contribution >= 0.6 is 7.82 Å². The van der Waals surface area contributed by atoms with Gasteiger partial charge < -0.3 is 24.2 Å². The second-order valence-electron chi connectivity index (χ2n) is 20.5. The van der Waals surface area contributed by atoms with Crippen LogP contribution in [0.25, 0.3) is 0 Å². The van der Waals surface area contributed by atoms with Gasteiger partial charge in [-0.15, -0.1) is 0 Å². The molecule has 0 saturated heterocycles.